The number of carbonyl (C=O) groups is 2. The van der Waals surface area contributed by atoms with E-state index in [1.165, 1.54) is 11.8 Å². The Hall–Kier alpha value is -3.21. The third-order valence-electron chi connectivity index (χ3n) is 8.60. The van der Waals surface area contributed by atoms with Gasteiger partial charge in [-0.3, -0.25) is 9.80 Å². The van der Waals surface area contributed by atoms with Crippen molar-refractivity contribution in [1.29, 1.82) is 0 Å². The molecule has 222 valence electrons. The second-order valence-corrected chi connectivity index (χ2v) is 13.1. The van der Waals surface area contributed by atoms with E-state index in [-0.39, 0.29) is 23.6 Å². The van der Waals surface area contributed by atoms with E-state index in [9.17, 15) is 9.59 Å². The molecule has 1 aromatic carbocycles. The van der Waals surface area contributed by atoms with Crippen LogP contribution in [0.2, 0.25) is 0 Å². The zero-order chi connectivity index (χ0) is 29.7. The highest BCUT2D eigenvalue weighted by Crippen LogP contribution is 2.53. The first-order chi connectivity index (χ1) is 19.4. The Bertz CT molecular complexity index is 1320. The summed E-state index contributed by atoms with van der Waals surface area (Å²) in [7, 11) is 3.25. The van der Waals surface area contributed by atoms with Crippen LogP contribution in [0.5, 0.6) is 11.5 Å². The number of ether oxygens (including phenoxy) is 3. The highest BCUT2D eigenvalue weighted by atomic mass is 32.2. The van der Waals surface area contributed by atoms with Crippen molar-refractivity contribution in [3.8, 4) is 11.5 Å². The van der Waals surface area contributed by atoms with Gasteiger partial charge in [0.2, 0.25) is 0 Å². The smallest absolute Gasteiger partial charge is 0.410 e. The third kappa shape index (κ3) is 5.40. The molecule has 0 N–H and O–H groups in total. The van der Waals surface area contributed by atoms with Gasteiger partial charge in [-0.1, -0.05) is 11.8 Å². The lowest BCUT2D eigenvalue weighted by Gasteiger charge is -2.56. The van der Waals surface area contributed by atoms with Crippen molar-refractivity contribution >= 4 is 35.4 Å². The second-order valence-electron chi connectivity index (χ2n) is 12.4. The number of hydrogen-bond donors (Lipinski definition) is 0. The van der Waals surface area contributed by atoms with E-state index >= 15 is 0 Å². The Morgan fingerprint density at radius 3 is 2.22 bits per heavy atom. The first-order valence-electron chi connectivity index (χ1n) is 14.1. The number of hydrogen-bond acceptors (Lipinski definition) is 8. The number of piperidine rings is 1. The van der Waals surface area contributed by atoms with Gasteiger partial charge in [0.05, 0.1) is 26.5 Å². The maximum Gasteiger partial charge on any atom is 0.410 e. The first-order valence-corrected chi connectivity index (χ1v) is 15.3. The van der Waals surface area contributed by atoms with E-state index in [4.69, 9.17) is 19.2 Å². The number of methoxy groups -OCH3 is 2. The van der Waals surface area contributed by atoms with E-state index in [0.29, 0.717) is 42.1 Å². The predicted octanol–water partition coefficient (Wildman–Crippen LogP) is 5.96. The Kier molecular flexibility index (Phi) is 7.78. The molecule has 1 spiro atoms. The summed E-state index contributed by atoms with van der Waals surface area (Å²) < 4.78 is 16.9. The minimum atomic E-state index is -0.511. The molecule has 0 bridgehead atoms. The van der Waals surface area contributed by atoms with Gasteiger partial charge < -0.3 is 19.1 Å². The van der Waals surface area contributed by atoms with Gasteiger partial charge in [0, 0.05) is 48.1 Å². The van der Waals surface area contributed by atoms with Crippen LogP contribution in [0, 0.1) is 19.3 Å². The highest BCUT2D eigenvalue weighted by molar-refractivity contribution is 7.98. The number of carbonyl (C=O) groups excluding carboxylic acids is 2. The summed E-state index contributed by atoms with van der Waals surface area (Å²) in [5, 5.41) is 0.644. The summed E-state index contributed by atoms with van der Waals surface area (Å²) in [5.74, 6) is 2.03. The molecule has 2 aliphatic heterocycles. The lowest BCUT2D eigenvalue weighted by atomic mass is 9.60. The molecule has 3 amide bonds. The van der Waals surface area contributed by atoms with Crippen LogP contribution in [-0.4, -0.2) is 72.2 Å². The van der Waals surface area contributed by atoms with Crippen LogP contribution >= 0.6 is 11.8 Å². The molecule has 0 atom stereocenters. The van der Waals surface area contributed by atoms with E-state index in [1.54, 1.807) is 14.2 Å². The molecule has 5 rings (SSSR count). The molecular formula is C30H41N5O5S. The maximum atomic E-state index is 14.4. The largest absolute Gasteiger partial charge is 0.496 e. The van der Waals surface area contributed by atoms with Crippen molar-refractivity contribution in [2.75, 3.05) is 43.4 Å². The first kappa shape index (κ1) is 29.3. The number of rotatable bonds is 5. The van der Waals surface area contributed by atoms with E-state index in [0.717, 1.165) is 48.1 Å². The predicted molar refractivity (Wildman–Crippen MR) is 159 cm³/mol. The normalized spacial score (nSPS) is 18.7. The van der Waals surface area contributed by atoms with Crippen LogP contribution in [0.3, 0.4) is 0 Å². The third-order valence-corrected chi connectivity index (χ3v) is 9.16. The Labute approximate surface area is 246 Å². The Balaban J connectivity index is 1.42. The molecule has 41 heavy (non-hydrogen) atoms. The highest BCUT2D eigenvalue weighted by Gasteiger charge is 2.52. The number of likely N-dealkylation sites (tertiary alicyclic amines) is 1. The van der Waals surface area contributed by atoms with Crippen LogP contribution in [0.15, 0.2) is 17.4 Å². The summed E-state index contributed by atoms with van der Waals surface area (Å²) in [5.41, 5.74) is 3.04. The zero-order valence-corrected chi connectivity index (χ0v) is 26.2. The maximum absolute atomic E-state index is 14.4. The van der Waals surface area contributed by atoms with Gasteiger partial charge in [0.1, 0.15) is 22.9 Å². The minimum Gasteiger partial charge on any atom is -0.496 e. The zero-order valence-electron chi connectivity index (χ0n) is 25.4. The molecule has 1 saturated heterocycles. The number of fused-ring (bicyclic) bond motifs is 1. The lowest BCUT2D eigenvalue weighted by molar-refractivity contribution is -0.0111. The average Bonchev–Trinajstić information content (AvgIpc) is 2.91. The van der Waals surface area contributed by atoms with Gasteiger partial charge in [0.25, 0.3) is 0 Å². The van der Waals surface area contributed by atoms with E-state index in [1.807, 2.05) is 67.8 Å². The number of benzene rings is 1. The molecule has 0 radical (unpaired) electrons. The fourth-order valence-corrected chi connectivity index (χ4v) is 6.80. The summed E-state index contributed by atoms with van der Waals surface area (Å²) in [6.07, 6.45) is 7.06. The number of amides is 3. The molecule has 10 nitrogen and oxygen atoms in total. The minimum absolute atomic E-state index is 0.00912. The molecule has 2 aromatic rings. The molecular weight excluding hydrogens is 542 g/mol. The van der Waals surface area contributed by atoms with Crippen LogP contribution in [0.25, 0.3) is 0 Å². The summed E-state index contributed by atoms with van der Waals surface area (Å²) >= 11 is 1.47. The molecule has 1 saturated carbocycles. The number of aromatic nitrogens is 2. The molecule has 3 heterocycles. The summed E-state index contributed by atoms with van der Waals surface area (Å²) in [6, 6.07) is 1.77. The summed E-state index contributed by atoms with van der Waals surface area (Å²) in [6.45, 7) is 11.3. The summed E-state index contributed by atoms with van der Waals surface area (Å²) in [4.78, 5) is 41.9. The molecule has 2 fully saturated rings. The molecule has 0 unspecified atom stereocenters. The molecule has 1 aliphatic carbocycles. The van der Waals surface area contributed by atoms with Crippen LogP contribution < -0.4 is 19.3 Å². The number of thioether (sulfide) groups is 1. The topological polar surface area (TPSA) is 97.3 Å². The lowest BCUT2D eigenvalue weighted by Crippen LogP contribution is -2.61. The van der Waals surface area contributed by atoms with Crippen LogP contribution in [-0.2, 0) is 11.3 Å². The quantitative estimate of drug-likeness (QED) is 0.314. The molecule has 3 aliphatic rings. The van der Waals surface area contributed by atoms with Crippen molar-refractivity contribution in [1.82, 2.24) is 14.9 Å². The van der Waals surface area contributed by atoms with Crippen LogP contribution in [0.4, 0.5) is 21.1 Å². The van der Waals surface area contributed by atoms with Gasteiger partial charge in [-0.05, 0) is 72.0 Å². The standard InChI is InChI=1S/C30H41N5O5S/c1-18-22(38-6)13-23(39-7)19(2)24(18)34-17-20-16-31-26(41-8)32-25(20)35(27(34)36)21-14-30(15-21)9-11-33(12-10-30)28(37)40-29(3,4)5/h13,16,21H,9-12,14-15,17H2,1-8H3. The van der Waals surface area contributed by atoms with Gasteiger partial charge in [-0.15, -0.1) is 0 Å². The fourth-order valence-electron chi connectivity index (χ4n) is 6.46. The molecule has 1 aromatic heterocycles. The Morgan fingerprint density at radius 2 is 1.68 bits per heavy atom. The van der Waals surface area contributed by atoms with Crippen molar-refractivity contribution in [2.45, 2.75) is 83.6 Å². The van der Waals surface area contributed by atoms with Crippen LogP contribution in [0.1, 0.15) is 63.1 Å². The average molecular weight is 584 g/mol. The van der Waals surface area contributed by atoms with E-state index < -0.39 is 5.60 Å². The number of nitrogens with zero attached hydrogens (tertiary/aromatic N) is 5. The van der Waals surface area contributed by atoms with Crippen molar-refractivity contribution < 1.29 is 23.8 Å². The monoisotopic (exact) mass is 583 g/mol. The van der Waals surface area contributed by atoms with Crippen molar-refractivity contribution in [2.24, 2.45) is 5.41 Å². The SMILES string of the molecule is COc1cc(OC)c(C)c(N2Cc3cnc(SC)nc3N(C3CC4(CCN(C(=O)OC(C)(C)C)CC4)C3)C2=O)c1C. The molecule has 11 heteroatoms. The van der Waals surface area contributed by atoms with Crippen molar-refractivity contribution in [3.05, 3.63) is 29.0 Å². The fraction of sp³-hybridized carbons (Fsp3) is 0.600. The second kappa shape index (κ2) is 10.9. The van der Waals surface area contributed by atoms with Gasteiger partial charge in [0.15, 0.2) is 5.16 Å². The number of urea groups is 1. The van der Waals surface area contributed by atoms with Gasteiger partial charge in [-0.25, -0.2) is 19.6 Å². The van der Waals surface area contributed by atoms with Crippen molar-refractivity contribution in [3.63, 3.8) is 0 Å². The number of anilines is 2. The van der Waals surface area contributed by atoms with Gasteiger partial charge >= 0.3 is 12.1 Å². The Morgan fingerprint density at radius 1 is 1.07 bits per heavy atom. The van der Waals surface area contributed by atoms with E-state index in [2.05, 4.69) is 4.98 Å². The van der Waals surface area contributed by atoms with Gasteiger partial charge in [-0.2, -0.15) is 0 Å².